The fourth-order valence-electron chi connectivity index (χ4n) is 1.58. The molecule has 1 atom stereocenters. The second kappa shape index (κ2) is 6.74. The highest BCUT2D eigenvalue weighted by molar-refractivity contribution is 7.10. The number of carbonyl (C=O) groups excluding carboxylic acids is 1. The van der Waals surface area contributed by atoms with Gasteiger partial charge in [0.2, 0.25) is 0 Å². The monoisotopic (exact) mass is 257 g/mol. The van der Waals surface area contributed by atoms with E-state index in [1.165, 1.54) is 17.6 Å². The topological polar surface area (TPSA) is 49.8 Å². The van der Waals surface area contributed by atoms with Crippen molar-refractivity contribution in [2.75, 3.05) is 20.7 Å². The number of aliphatic hydroxyl groups is 1. The molecular formula is C12H19NO3S. The predicted molar refractivity (Wildman–Crippen MR) is 68.0 cm³/mol. The van der Waals surface area contributed by atoms with Gasteiger partial charge in [-0.15, -0.1) is 11.3 Å². The largest absolute Gasteiger partial charge is 0.469 e. The molecule has 0 amide bonds. The van der Waals surface area contributed by atoms with Gasteiger partial charge in [-0.05, 0) is 31.0 Å². The van der Waals surface area contributed by atoms with Crippen LogP contribution in [0.1, 0.15) is 16.9 Å². The molecule has 17 heavy (non-hydrogen) atoms. The summed E-state index contributed by atoms with van der Waals surface area (Å²) in [6.07, 6.45) is -0.628. The molecule has 0 aliphatic rings. The van der Waals surface area contributed by atoms with Gasteiger partial charge in [-0.3, -0.25) is 9.69 Å². The molecule has 1 unspecified atom stereocenters. The summed E-state index contributed by atoms with van der Waals surface area (Å²) in [5.41, 5.74) is 1.27. The number of thiophene rings is 1. The van der Waals surface area contributed by atoms with Crippen molar-refractivity contribution in [2.45, 2.75) is 26.0 Å². The lowest BCUT2D eigenvalue weighted by atomic mass is 10.2. The van der Waals surface area contributed by atoms with E-state index >= 15 is 0 Å². The molecule has 1 aromatic rings. The number of carbonyl (C=O) groups is 1. The quantitative estimate of drug-likeness (QED) is 0.783. The highest BCUT2D eigenvalue weighted by Gasteiger charge is 2.14. The van der Waals surface area contributed by atoms with E-state index in [4.69, 9.17) is 0 Å². The van der Waals surface area contributed by atoms with Gasteiger partial charge >= 0.3 is 5.97 Å². The van der Waals surface area contributed by atoms with Crippen LogP contribution in [0.2, 0.25) is 0 Å². The lowest BCUT2D eigenvalue weighted by Crippen LogP contribution is -2.30. The summed E-state index contributed by atoms with van der Waals surface area (Å²) in [4.78, 5) is 14.3. The van der Waals surface area contributed by atoms with Crippen molar-refractivity contribution in [1.29, 1.82) is 0 Å². The van der Waals surface area contributed by atoms with Gasteiger partial charge in [0.1, 0.15) is 0 Å². The molecule has 5 heteroatoms. The Morgan fingerprint density at radius 3 is 2.88 bits per heavy atom. The standard InChI is InChI=1S/C12H19NO3S/c1-9-4-5-17-11(9)8-13(2)7-10(14)6-12(15)16-3/h4-5,10,14H,6-8H2,1-3H3. The van der Waals surface area contributed by atoms with E-state index in [9.17, 15) is 9.90 Å². The van der Waals surface area contributed by atoms with E-state index < -0.39 is 6.10 Å². The van der Waals surface area contributed by atoms with Crippen molar-refractivity contribution in [1.82, 2.24) is 4.90 Å². The number of nitrogens with zero attached hydrogens (tertiary/aromatic N) is 1. The smallest absolute Gasteiger partial charge is 0.308 e. The van der Waals surface area contributed by atoms with Crippen molar-refractivity contribution in [3.05, 3.63) is 21.9 Å². The third kappa shape index (κ3) is 4.85. The summed E-state index contributed by atoms with van der Waals surface area (Å²) in [6, 6.07) is 2.08. The molecule has 0 aliphatic carbocycles. The van der Waals surface area contributed by atoms with E-state index in [1.54, 1.807) is 11.3 Å². The number of hydrogen-bond donors (Lipinski definition) is 1. The van der Waals surface area contributed by atoms with E-state index in [-0.39, 0.29) is 12.4 Å². The zero-order chi connectivity index (χ0) is 12.8. The number of methoxy groups -OCH3 is 1. The van der Waals surface area contributed by atoms with Crippen LogP contribution in [0.4, 0.5) is 0 Å². The first kappa shape index (κ1) is 14.2. The van der Waals surface area contributed by atoms with E-state index in [1.807, 2.05) is 11.9 Å². The summed E-state index contributed by atoms with van der Waals surface area (Å²) in [5, 5.41) is 11.7. The van der Waals surface area contributed by atoms with Crippen LogP contribution in [-0.4, -0.2) is 42.8 Å². The summed E-state index contributed by atoms with van der Waals surface area (Å²) in [5.74, 6) is -0.377. The number of aryl methyl sites for hydroxylation is 1. The normalized spacial score (nSPS) is 12.8. The lowest BCUT2D eigenvalue weighted by molar-refractivity contribution is -0.143. The Morgan fingerprint density at radius 1 is 1.65 bits per heavy atom. The Hall–Kier alpha value is -0.910. The number of hydrogen-bond acceptors (Lipinski definition) is 5. The van der Waals surface area contributed by atoms with Crippen LogP contribution in [0, 0.1) is 6.92 Å². The minimum atomic E-state index is -0.673. The number of ether oxygens (including phenoxy) is 1. The second-order valence-electron chi connectivity index (χ2n) is 4.16. The van der Waals surface area contributed by atoms with E-state index in [2.05, 4.69) is 23.1 Å². The first-order valence-corrected chi connectivity index (χ1v) is 6.37. The third-order valence-electron chi connectivity index (χ3n) is 2.53. The summed E-state index contributed by atoms with van der Waals surface area (Å²) in [6.45, 7) is 3.33. The van der Waals surface area contributed by atoms with Crippen LogP contribution in [0.5, 0.6) is 0 Å². The highest BCUT2D eigenvalue weighted by atomic mass is 32.1. The van der Waals surface area contributed by atoms with Gasteiger partial charge in [0.05, 0.1) is 19.6 Å². The minimum absolute atomic E-state index is 0.0459. The molecule has 4 nitrogen and oxygen atoms in total. The molecule has 1 rings (SSSR count). The van der Waals surface area contributed by atoms with Crippen molar-refractivity contribution in [2.24, 2.45) is 0 Å². The average molecular weight is 257 g/mol. The van der Waals surface area contributed by atoms with Crippen LogP contribution in [0.3, 0.4) is 0 Å². The zero-order valence-corrected chi connectivity index (χ0v) is 11.3. The van der Waals surface area contributed by atoms with Gasteiger partial charge in [-0.2, -0.15) is 0 Å². The molecule has 0 saturated carbocycles. The Kier molecular flexibility index (Phi) is 5.61. The van der Waals surface area contributed by atoms with Crippen molar-refractivity contribution in [3.8, 4) is 0 Å². The second-order valence-corrected chi connectivity index (χ2v) is 5.16. The molecule has 1 aromatic heterocycles. The molecule has 0 bridgehead atoms. The molecular weight excluding hydrogens is 238 g/mol. The Morgan fingerprint density at radius 2 is 2.35 bits per heavy atom. The lowest BCUT2D eigenvalue weighted by Gasteiger charge is -2.19. The maximum Gasteiger partial charge on any atom is 0.308 e. The number of rotatable bonds is 6. The van der Waals surface area contributed by atoms with Crippen molar-refractivity contribution in [3.63, 3.8) is 0 Å². The molecule has 0 aromatic carbocycles. The van der Waals surface area contributed by atoms with Crippen LogP contribution < -0.4 is 0 Å². The Labute approximate surface area is 106 Å². The summed E-state index contributed by atoms with van der Waals surface area (Å²) in [7, 11) is 3.26. The van der Waals surface area contributed by atoms with Crippen LogP contribution >= 0.6 is 11.3 Å². The first-order chi connectivity index (χ1) is 8.02. The fourth-order valence-corrected chi connectivity index (χ4v) is 2.56. The zero-order valence-electron chi connectivity index (χ0n) is 10.5. The molecule has 1 heterocycles. The molecule has 96 valence electrons. The maximum atomic E-state index is 11.0. The molecule has 1 N–H and O–H groups in total. The minimum Gasteiger partial charge on any atom is -0.469 e. The molecule has 0 spiro atoms. The van der Waals surface area contributed by atoms with Gasteiger partial charge in [-0.1, -0.05) is 0 Å². The van der Waals surface area contributed by atoms with Crippen LogP contribution in [0.15, 0.2) is 11.4 Å². The van der Waals surface area contributed by atoms with E-state index in [0.717, 1.165) is 6.54 Å². The Balaban J connectivity index is 2.36. The predicted octanol–water partition coefficient (Wildman–Crippen LogP) is 1.41. The number of aliphatic hydroxyl groups excluding tert-OH is 1. The van der Waals surface area contributed by atoms with Gasteiger partial charge < -0.3 is 9.84 Å². The van der Waals surface area contributed by atoms with Gasteiger partial charge in [0, 0.05) is 18.0 Å². The number of esters is 1. The SMILES string of the molecule is COC(=O)CC(O)CN(C)Cc1sccc1C. The van der Waals surface area contributed by atoms with Crippen LogP contribution in [0.25, 0.3) is 0 Å². The number of likely N-dealkylation sites (N-methyl/N-ethyl adjacent to an activating group) is 1. The summed E-state index contributed by atoms with van der Waals surface area (Å²) >= 11 is 1.71. The molecule has 0 radical (unpaired) electrons. The van der Waals surface area contributed by atoms with Crippen LogP contribution in [-0.2, 0) is 16.1 Å². The molecule has 0 aliphatic heterocycles. The van der Waals surface area contributed by atoms with Gasteiger partial charge in [0.25, 0.3) is 0 Å². The highest BCUT2D eigenvalue weighted by Crippen LogP contribution is 2.17. The summed E-state index contributed by atoms with van der Waals surface area (Å²) < 4.78 is 4.51. The van der Waals surface area contributed by atoms with E-state index in [0.29, 0.717) is 6.54 Å². The molecule has 0 saturated heterocycles. The van der Waals surface area contributed by atoms with Crippen molar-refractivity contribution >= 4 is 17.3 Å². The fraction of sp³-hybridized carbons (Fsp3) is 0.583. The van der Waals surface area contributed by atoms with Crippen molar-refractivity contribution < 1.29 is 14.6 Å². The third-order valence-corrected chi connectivity index (χ3v) is 3.54. The Bertz CT molecular complexity index is 364. The molecule has 0 fully saturated rings. The average Bonchev–Trinajstić information content (AvgIpc) is 2.63. The van der Waals surface area contributed by atoms with Gasteiger partial charge in [-0.25, -0.2) is 0 Å². The van der Waals surface area contributed by atoms with Gasteiger partial charge in [0.15, 0.2) is 0 Å². The first-order valence-electron chi connectivity index (χ1n) is 5.49. The maximum absolute atomic E-state index is 11.0.